The molecule has 0 bridgehead atoms. The minimum atomic E-state index is 0.670. The summed E-state index contributed by atoms with van der Waals surface area (Å²) in [6, 6.07) is 0. The van der Waals surface area contributed by atoms with Gasteiger partial charge in [0.1, 0.15) is 0 Å². The minimum Gasteiger partial charge on any atom is -0.297 e. The minimum absolute atomic E-state index is 0.670. The summed E-state index contributed by atoms with van der Waals surface area (Å²) in [5.41, 5.74) is 0. The zero-order valence-electron chi connectivity index (χ0n) is 5.02. The lowest BCUT2D eigenvalue weighted by atomic mass is 10.7. The van der Waals surface area contributed by atoms with Crippen LogP contribution in [-0.2, 0) is 0 Å². The summed E-state index contributed by atoms with van der Waals surface area (Å²) < 4.78 is 0.670. The maximum atomic E-state index is 6.54. The van der Waals surface area contributed by atoms with E-state index < -0.39 is 0 Å². The molecule has 0 aromatic carbocycles. The van der Waals surface area contributed by atoms with Crippen LogP contribution in [0.4, 0.5) is 0 Å². The molecule has 0 amide bonds. The second-order valence-electron chi connectivity index (χ2n) is 2.39. The van der Waals surface area contributed by atoms with E-state index in [2.05, 4.69) is 5.87 Å². The first-order valence-corrected chi connectivity index (χ1v) is 2.14. The molecule has 0 heterocycles. The van der Waals surface area contributed by atoms with E-state index in [4.69, 9.17) is 5.41 Å². The Kier molecular flexibility index (Phi) is 1.75. The highest BCUT2D eigenvalue weighted by Crippen LogP contribution is 1.84. The smallest absolute Gasteiger partial charge is 0.157 e. The van der Waals surface area contributed by atoms with Gasteiger partial charge in [-0.15, -0.1) is 0 Å². The molecular weight excluding hydrogens is 88.1 g/mol. The van der Waals surface area contributed by atoms with Crippen LogP contribution >= 0.6 is 0 Å². The second-order valence-corrected chi connectivity index (χ2v) is 2.39. The summed E-state index contributed by atoms with van der Waals surface area (Å²) in [5, 5.41) is 6.54. The van der Waals surface area contributed by atoms with Crippen molar-refractivity contribution >= 4 is 5.87 Å². The van der Waals surface area contributed by atoms with Gasteiger partial charge in [-0.3, -0.25) is 9.89 Å². The third kappa shape index (κ3) is 5.41. The average molecular weight is 99.2 g/mol. The van der Waals surface area contributed by atoms with Crippen molar-refractivity contribution in [2.75, 3.05) is 21.1 Å². The molecule has 0 aromatic heterocycles. The van der Waals surface area contributed by atoms with Crippen LogP contribution < -0.4 is 0 Å². The van der Waals surface area contributed by atoms with Crippen LogP contribution in [0.1, 0.15) is 0 Å². The SMILES string of the molecule is C[N+](C)(C)C=C=N. The first-order chi connectivity index (χ1) is 3.06. The van der Waals surface area contributed by atoms with E-state index >= 15 is 0 Å². The van der Waals surface area contributed by atoms with Crippen molar-refractivity contribution in [2.24, 2.45) is 0 Å². The first kappa shape index (κ1) is 6.41. The van der Waals surface area contributed by atoms with E-state index in [0.29, 0.717) is 4.48 Å². The Hall–Kier alpha value is -0.590. The molecule has 0 fully saturated rings. The maximum Gasteiger partial charge on any atom is 0.157 e. The second kappa shape index (κ2) is 1.92. The lowest BCUT2D eigenvalue weighted by molar-refractivity contribution is -0.815. The zero-order valence-corrected chi connectivity index (χ0v) is 5.02. The fourth-order valence-electron chi connectivity index (χ4n) is 0.194. The van der Waals surface area contributed by atoms with Crippen LogP contribution in [0.3, 0.4) is 0 Å². The van der Waals surface area contributed by atoms with Gasteiger partial charge >= 0.3 is 0 Å². The van der Waals surface area contributed by atoms with E-state index in [1.807, 2.05) is 21.1 Å². The molecule has 0 aromatic rings. The van der Waals surface area contributed by atoms with Gasteiger partial charge in [0.05, 0.1) is 21.1 Å². The molecule has 0 saturated carbocycles. The third-order valence-electron chi connectivity index (χ3n) is 0.452. The summed E-state index contributed by atoms with van der Waals surface area (Å²) in [6.45, 7) is 0. The Morgan fingerprint density at radius 2 is 1.86 bits per heavy atom. The van der Waals surface area contributed by atoms with Gasteiger partial charge in [0, 0.05) is 5.87 Å². The summed E-state index contributed by atoms with van der Waals surface area (Å²) in [5.74, 6) is 2.20. The van der Waals surface area contributed by atoms with Crippen LogP contribution in [0.2, 0.25) is 0 Å². The Morgan fingerprint density at radius 1 is 1.43 bits per heavy atom. The molecule has 0 rings (SSSR count). The monoisotopic (exact) mass is 99.1 g/mol. The Morgan fingerprint density at radius 3 is 1.86 bits per heavy atom. The number of quaternary nitrogens is 1. The molecule has 0 aliphatic carbocycles. The summed E-state index contributed by atoms with van der Waals surface area (Å²) in [6.07, 6.45) is 1.67. The number of hydrogen-bond donors (Lipinski definition) is 1. The Bertz CT molecular complexity index is 93.1. The molecule has 1 N–H and O–H groups in total. The molecule has 2 nitrogen and oxygen atoms in total. The maximum absolute atomic E-state index is 6.54. The highest BCUT2D eigenvalue weighted by molar-refractivity contribution is 5.44. The van der Waals surface area contributed by atoms with Crippen molar-refractivity contribution < 1.29 is 4.48 Å². The fraction of sp³-hybridized carbons (Fsp3) is 0.600. The van der Waals surface area contributed by atoms with Gasteiger partial charge in [0.15, 0.2) is 6.20 Å². The van der Waals surface area contributed by atoms with Gasteiger partial charge in [0.2, 0.25) is 0 Å². The predicted molar refractivity (Wildman–Crippen MR) is 30.3 cm³/mol. The van der Waals surface area contributed by atoms with Crippen molar-refractivity contribution in [3.63, 3.8) is 0 Å². The molecule has 0 unspecified atom stereocenters. The van der Waals surface area contributed by atoms with E-state index in [1.54, 1.807) is 6.20 Å². The van der Waals surface area contributed by atoms with Crippen LogP contribution in [0.15, 0.2) is 6.20 Å². The summed E-state index contributed by atoms with van der Waals surface area (Å²) in [4.78, 5) is 0. The molecule has 0 saturated heterocycles. The first-order valence-electron chi connectivity index (χ1n) is 2.14. The third-order valence-corrected chi connectivity index (χ3v) is 0.452. The molecule has 0 aliphatic heterocycles. The normalized spacial score (nSPS) is 10.1. The molecule has 0 aliphatic rings. The van der Waals surface area contributed by atoms with Crippen molar-refractivity contribution in [1.82, 2.24) is 0 Å². The zero-order chi connectivity index (χ0) is 5.91. The van der Waals surface area contributed by atoms with Gasteiger partial charge in [-0.2, -0.15) is 0 Å². The van der Waals surface area contributed by atoms with Crippen molar-refractivity contribution in [3.8, 4) is 0 Å². The van der Waals surface area contributed by atoms with Gasteiger partial charge < -0.3 is 0 Å². The van der Waals surface area contributed by atoms with Crippen LogP contribution in [0, 0.1) is 5.41 Å². The lowest BCUT2D eigenvalue weighted by Gasteiger charge is -2.14. The quantitative estimate of drug-likeness (QED) is 0.364. The van der Waals surface area contributed by atoms with E-state index in [-0.39, 0.29) is 0 Å². The molecule has 40 valence electrons. The van der Waals surface area contributed by atoms with Crippen LogP contribution in [-0.4, -0.2) is 31.5 Å². The molecule has 7 heavy (non-hydrogen) atoms. The highest BCUT2D eigenvalue weighted by Gasteiger charge is 1.96. The van der Waals surface area contributed by atoms with Crippen LogP contribution in [0.25, 0.3) is 0 Å². The van der Waals surface area contributed by atoms with Crippen LogP contribution in [0.5, 0.6) is 0 Å². The lowest BCUT2D eigenvalue weighted by Crippen LogP contribution is -2.26. The molecule has 2 heteroatoms. The van der Waals surface area contributed by atoms with E-state index in [1.165, 1.54) is 0 Å². The van der Waals surface area contributed by atoms with Crippen molar-refractivity contribution in [1.29, 1.82) is 5.41 Å². The standard InChI is InChI=1S/C5H11N2/c1-7(2,3)5-4-6/h5-6H,1-3H3/q+1. The van der Waals surface area contributed by atoms with Crippen molar-refractivity contribution in [3.05, 3.63) is 6.20 Å². The average Bonchev–Trinajstić information content (AvgIpc) is 1.30. The van der Waals surface area contributed by atoms with E-state index in [9.17, 15) is 0 Å². The van der Waals surface area contributed by atoms with Gasteiger partial charge in [0.25, 0.3) is 0 Å². The van der Waals surface area contributed by atoms with Crippen molar-refractivity contribution in [2.45, 2.75) is 0 Å². The van der Waals surface area contributed by atoms with Gasteiger partial charge in [-0.1, -0.05) is 0 Å². The van der Waals surface area contributed by atoms with Gasteiger partial charge in [-0.05, 0) is 0 Å². The Balaban J connectivity index is 3.80. The highest BCUT2D eigenvalue weighted by atomic mass is 15.3. The number of hydrogen-bond acceptors (Lipinski definition) is 1. The van der Waals surface area contributed by atoms with Gasteiger partial charge in [-0.25, -0.2) is 0 Å². The largest absolute Gasteiger partial charge is 0.297 e. The molecule has 0 spiro atoms. The Labute approximate surface area is 44.2 Å². The predicted octanol–water partition coefficient (Wildman–Crippen LogP) is 0.455. The van der Waals surface area contributed by atoms with E-state index in [0.717, 1.165) is 0 Å². The fourth-order valence-corrected chi connectivity index (χ4v) is 0.194. The molecular formula is C5H11N2+. The number of nitrogens with zero attached hydrogens (tertiary/aromatic N) is 1. The molecule has 0 radical (unpaired) electrons. The summed E-state index contributed by atoms with van der Waals surface area (Å²) >= 11 is 0. The summed E-state index contributed by atoms with van der Waals surface area (Å²) in [7, 11) is 5.92. The topological polar surface area (TPSA) is 23.9 Å². The molecule has 0 atom stereocenters. The number of nitrogens with one attached hydrogen (secondary N) is 1. The number of rotatable bonds is 1.